The quantitative estimate of drug-likeness (QED) is 0.316. The smallest absolute Gasteiger partial charge is 0.170 e. The molecule has 0 atom stereocenters. The molecule has 0 amide bonds. The largest absolute Gasteiger partial charge is 0.388 e. The first-order valence-electron chi connectivity index (χ1n) is 13.2. The van der Waals surface area contributed by atoms with Crippen LogP contribution in [0.25, 0.3) is 22.4 Å². The van der Waals surface area contributed by atoms with Crippen LogP contribution in [0.1, 0.15) is 46.6 Å². The van der Waals surface area contributed by atoms with E-state index in [0.717, 1.165) is 78.7 Å². The van der Waals surface area contributed by atoms with E-state index in [0.29, 0.717) is 11.6 Å². The summed E-state index contributed by atoms with van der Waals surface area (Å²) >= 11 is 0. The van der Waals surface area contributed by atoms with Gasteiger partial charge in [-0.1, -0.05) is 6.07 Å². The van der Waals surface area contributed by atoms with Gasteiger partial charge in [0.15, 0.2) is 6.29 Å². The molecule has 200 valence electrons. The third kappa shape index (κ3) is 7.54. The van der Waals surface area contributed by atoms with Gasteiger partial charge in [0.2, 0.25) is 0 Å². The van der Waals surface area contributed by atoms with Crippen LogP contribution in [0.2, 0.25) is 0 Å². The molecule has 2 N–H and O–H groups in total. The molecule has 1 aromatic carbocycles. The van der Waals surface area contributed by atoms with Crippen molar-refractivity contribution in [3.8, 4) is 22.4 Å². The number of nitrogens with zero attached hydrogens (tertiary/aromatic N) is 4. The van der Waals surface area contributed by atoms with E-state index in [9.17, 15) is 9.59 Å². The molecular weight excluding hydrogens is 488 g/mol. The third-order valence-corrected chi connectivity index (χ3v) is 6.68. The van der Waals surface area contributed by atoms with E-state index in [1.807, 2.05) is 44.6 Å². The minimum absolute atomic E-state index is 0.450. The highest BCUT2D eigenvalue weighted by atomic mass is 16.1. The standard InChI is InChI=1S/C19H20N4.C8H8N2O.C4H6O/c1-13-4-5-16(20-2)12-17(13)14-6-8-22-18(10-14)15-7-9-23-19(11-15)21-3;11-5-7-4-6-2-1-3-8(6)10-9-7;5-3-4-1-2-4/h4-12,20H,1-3H3,(H,21,23);4-5H,1-3H2;3-4H,1-2H2. The Morgan fingerprint density at radius 3 is 2.33 bits per heavy atom. The van der Waals surface area contributed by atoms with E-state index < -0.39 is 0 Å². The van der Waals surface area contributed by atoms with Gasteiger partial charge in [-0.05, 0) is 104 Å². The van der Waals surface area contributed by atoms with Crippen molar-refractivity contribution in [1.29, 1.82) is 0 Å². The van der Waals surface area contributed by atoms with E-state index in [1.54, 1.807) is 6.20 Å². The van der Waals surface area contributed by atoms with Crippen molar-refractivity contribution < 1.29 is 9.59 Å². The summed E-state index contributed by atoms with van der Waals surface area (Å²) in [5.41, 5.74) is 9.42. The maximum Gasteiger partial charge on any atom is 0.170 e. The number of hydrogen-bond acceptors (Lipinski definition) is 8. The number of hydrogen-bond donors (Lipinski definition) is 2. The molecule has 1 fully saturated rings. The Kier molecular flexibility index (Phi) is 9.45. The SMILES string of the molecule is CNc1ccc(C)c(-c2ccnc(-c3ccnc(NC)c3)c2)c1.O=CC1CC1.O=Cc1cc2c(nn1)CCC2. The Labute approximate surface area is 229 Å². The van der Waals surface area contributed by atoms with Gasteiger partial charge < -0.3 is 15.4 Å². The highest BCUT2D eigenvalue weighted by Crippen LogP contribution is 2.29. The van der Waals surface area contributed by atoms with Crippen LogP contribution in [-0.2, 0) is 17.6 Å². The summed E-state index contributed by atoms with van der Waals surface area (Å²) in [5.74, 6) is 1.29. The second-order valence-electron chi connectivity index (χ2n) is 9.58. The number of fused-ring (bicyclic) bond motifs is 1. The van der Waals surface area contributed by atoms with Gasteiger partial charge in [-0.2, -0.15) is 5.10 Å². The molecule has 6 rings (SSSR count). The molecule has 0 spiro atoms. The van der Waals surface area contributed by atoms with Gasteiger partial charge in [0.05, 0.1) is 11.4 Å². The van der Waals surface area contributed by atoms with Crippen molar-refractivity contribution in [1.82, 2.24) is 20.2 Å². The van der Waals surface area contributed by atoms with Crippen molar-refractivity contribution in [2.24, 2.45) is 5.92 Å². The Bertz CT molecular complexity index is 1430. The summed E-state index contributed by atoms with van der Waals surface area (Å²) in [6.45, 7) is 2.13. The fourth-order valence-corrected chi connectivity index (χ4v) is 4.21. The van der Waals surface area contributed by atoms with E-state index in [2.05, 4.69) is 62.0 Å². The zero-order valence-corrected chi connectivity index (χ0v) is 22.6. The number of rotatable bonds is 6. The van der Waals surface area contributed by atoms with Gasteiger partial charge in [0.1, 0.15) is 17.8 Å². The lowest BCUT2D eigenvalue weighted by Crippen LogP contribution is -1.96. The second-order valence-corrected chi connectivity index (χ2v) is 9.58. The summed E-state index contributed by atoms with van der Waals surface area (Å²) < 4.78 is 0. The Hall–Kier alpha value is -4.46. The Morgan fingerprint density at radius 1 is 0.846 bits per heavy atom. The Balaban J connectivity index is 0.000000180. The van der Waals surface area contributed by atoms with E-state index in [-0.39, 0.29) is 0 Å². The first kappa shape index (κ1) is 27.6. The molecule has 2 aliphatic rings. The maximum atomic E-state index is 10.3. The van der Waals surface area contributed by atoms with E-state index in [1.165, 1.54) is 16.7 Å². The number of benzene rings is 1. The fourth-order valence-electron chi connectivity index (χ4n) is 4.21. The van der Waals surface area contributed by atoms with Crippen molar-refractivity contribution >= 4 is 24.1 Å². The van der Waals surface area contributed by atoms with Crippen molar-refractivity contribution in [3.63, 3.8) is 0 Å². The van der Waals surface area contributed by atoms with E-state index in [4.69, 9.17) is 0 Å². The number of aldehydes is 2. The minimum atomic E-state index is 0.450. The molecule has 8 nitrogen and oxygen atoms in total. The summed E-state index contributed by atoms with van der Waals surface area (Å²) in [5, 5.41) is 14.0. The number of nitrogens with one attached hydrogen (secondary N) is 2. The lowest BCUT2D eigenvalue weighted by atomic mass is 9.99. The van der Waals surface area contributed by atoms with Crippen LogP contribution < -0.4 is 10.6 Å². The number of aromatic nitrogens is 4. The number of aryl methyl sites for hydroxylation is 3. The molecule has 4 aromatic rings. The van der Waals surface area contributed by atoms with Crippen LogP contribution in [0.4, 0.5) is 11.5 Å². The lowest BCUT2D eigenvalue weighted by molar-refractivity contribution is -0.108. The van der Waals surface area contributed by atoms with Crippen molar-refractivity contribution in [2.45, 2.75) is 39.0 Å². The minimum Gasteiger partial charge on any atom is -0.388 e. The zero-order valence-electron chi connectivity index (χ0n) is 22.6. The number of carbonyl (C=O) groups is 2. The van der Waals surface area contributed by atoms with Crippen LogP contribution in [0.15, 0.2) is 60.9 Å². The van der Waals surface area contributed by atoms with E-state index >= 15 is 0 Å². The average Bonchev–Trinajstić information content (AvgIpc) is 3.73. The second kappa shape index (κ2) is 13.4. The van der Waals surface area contributed by atoms with Crippen LogP contribution in [0.5, 0.6) is 0 Å². The van der Waals surface area contributed by atoms with Crippen LogP contribution >= 0.6 is 0 Å². The molecule has 0 radical (unpaired) electrons. The van der Waals surface area contributed by atoms with Crippen LogP contribution in [-0.4, -0.2) is 46.8 Å². The molecule has 0 saturated heterocycles. The zero-order chi connectivity index (χ0) is 27.6. The number of carbonyl (C=O) groups excluding carboxylic acids is 2. The number of anilines is 2. The average molecular weight is 523 g/mol. The highest BCUT2D eigenvalue weighted by molar-refractivity contribution is 5.75. The van der Waals surface area contributed by atoms with Gasteiger partial charge >= 0.3 is 0 Å². The third-order valence-electron chi connectivity index (χ3n) is 6.68. The molecule has 0 bridgehead atoms. The van der Waals surface area contributed by atoms with Crippen molar-refractivity contribution in [3.05, 3.63) is 83.4 Å². The first-order valence-corrected chi connectivity index (χ1v) is 13.2. The summed E-state index contributed by atoms with van der Waals surface area (Å²) in [7, 11) is 3.80. The van der Waals surface area contributed by atoms with Gasteiger partial charge in [-0.3, -0.25) is 9.78 Å². The Morgan fingerprint density at radius 2 is 1.64 bits per heavy atom. The summed E-state index contributed by atoms with van der Waals surface area (Å²) in [6.07, 6.45) is 10.9. The van der Waals surface area contributed by atoms with Crippen molar-refractivity contribution in [2.75, 3.05) is 24.7 Å². The lowest BCUT2D eigenvalue weighted by Gasteiger charge is -2.11. The molecule has 3 heterocycles. The van der Waals surface area contributed by atoms with Gasteiger partial charge in [0.25, 0.3) is 0 Å². The fraction of sp³-hybridized carbons (Fsp3) is 0.290. The molecular formula is C31H34N6O2. The topological polar surface area (TPSA) is 110 Å². The predicted molar refractivity (Wildman–Crippen MR) is 155 cm³/mol. The predicted octanol–water partition coefficient (Wildman–Crippen LogP) is 5.58. The molecule has 39 heavy (non-hydrogen) atoms. The molecule has 0 unspecified atom stereocenters. The van der Waals surface area contributed by atoms with Gasteiger partial charge in [-0.25, -0.2) is 4.98 Å². The van der Waals surface area contributed by atoms with Crippen LogP contribution in [0.3, 0.4) is 0 Å². The molecule has 8 heteroatoms. The van der Waals surface area contributed by atoms with Gasteiger partial charge in [-0.15, -0.1) is 5.10 Å². The monoisotopic (exact) mass is 522 g/mol. The first-order chi connectivity index (χ1) is 19.0. The van der Waals surface area contributed by atoms with Crippen LogP contribution in [0, 0.1) is 12.8 Å². The normalized spacial score (nSPS) is 13.1. The summed E-state index contributed by atoms with van der Waals surface area (Å²) in [6, 6.07) is 16.4. The maximum absolute atomic E-state index is 10.3. The molecule has 1 saturated carbocycles. The molecule has 3 aromatic heterocycles. The highest BCUT2D eigenvalue weighted by Gasteiger charge is 2.19. The van der Waals surface area contributed by atoms with Gasteiger partial charge in [0, 0.05) is 43.7 Å². The molecule has 0 aliphatic heterocycles. The summed E-state index contributed by atoms with van der Waals surface area (Å²) in [4.78, 5) is 28.6. The number of pyridine rings is 2. The molecule has 2 aliphatic carbocycles.